The van der Waals surface area contributed by atoms with Crippen molar-refractivity contribution in [3.8, 4) is 0 Å². The van der Waals surface area contributed by atoms with Crippen LogP contribution in [0.1, 0.15) is 38.8 Å². The largest absolute Gasteiger partial charge is 0.350 e. The van der Waals surface area contributed by atoms with Crippen LogP contribution in [0.15, 0.2) is 42.5 Å². The number of amides is 2. The molecule has 0 unspecified atom stereocenters. The minimum Gasteiger partial charge on any atom is -0.350 e. The number of nitrogens with one attached hydrogen (secondary N) is 1. The van der Waals surface area contributed by atoms with Crippen molar-refractivity contribution in [1.29, 1.82) is 0 Å². The van der Waals surface area contributed by atoms with E-state index in [9.17, 15) is 14.0 Å². The van der Waals surface area contributed by atoms with Crippen LogP contribution >= 0.6 is 35.0 Å². The predicted octanol–water partition coefficient (Wildman–Crippen LogP) is 5.70. The van der Waals surface area contributed by atoms with Crippen molar-refractivity contribution in [2.75, 3.05) is 5.75 Å². The van der Waals surface area contributed by atoms with Crippen LogP contribution in [0, 0.1) is 5.82 Å². The molecule has 0 saturated heterocycles. The Morgan fingerprint density at radius 2 is 1.68 bits per heavy atom. The summed E-state index contributed by atoms with van der Waals surface area (Å²) in [7, 11) is 0. The summed E-state index contributed by atoms with van der Waals surface area (Å²) in [5.74, 6) is 0.00480. The second-order valence-corrected chi connectivity index (χ2v) is 10.1. The minimum atomic E-state index is -0.678. The minimum absolute atomic E-state index is 0.175. The van der Waals surface area contributed by atoms with Crippen LogP contribution in [0.25, 0.3) is 0 Å². The standard InChI is InChI=1S/C23H27Cl2FN2O2S/c1-15(22(30)27-23(2,3)4)28(12-16-5-8-18(26)9-6-16)21(29)14-31-13-17-7-10-19(24)20(25)11-17/h5-11,15H,12-14H2,1-4H3,(H,27,30)/t15-/m1/s1. The summed E-state index contributed by atoms with van der Waals surface area (Å²) < 4.78 is 13.3. The summed E-state index contributed by atoms with van der Waals surface area (Å²) in [6.07, 6.45) is 0. The van der Waals surface area contributed by atoms with Crippen LogP contribution in [-0.2, 0) is 21.9 Å². The number of halogens is 3. The monoisotopic (exact) mass is 484 g/mol. The zero-order chi connectivity index (χ0) is 23.2. The highest BCUT2D eigenvalue weighted by molar-refractivity contribution is 7.99. The van der Waals surface area contributed by atoms with Crippen LogP contribution in [0.4, 0.5) is 4.39 Å². The second-order valence-electron chi connectivity index (χ2n) is 8.30. The Balaban J connectivity index is 2.09. The molecule has 0 heterocycles. The first kappa shape index (κ1) is 25.5. The lowest BCUT2D eigenvalue weighted by Crippen LogP contribution is -2.52. The number of carbonyl (C=O) groups excluding carboxylic acids is 2. The lowest BCUT2D eigenvalue weighted by Gasteiger charge is -2.31. The molecule has 0 spiro atoms. The van der Waals surface area contributed by atoms with Gasteiger partial charge in [0.15, 0.2) is 0 Å². The van der Waals surface area contributed by atoms with E-state index in [1.807, 2.05) is 26.8 Å². The fourth-order valence-corrected chi connectivity index (χ4v) is 3.99. The number of hydrogen-bond acceptors (Lipinski definition) is 3. The Bertz CT molecular complexity index is 917. The van der Waals surface area contributed by atoms with Crippen LogP contribution < -0.4 is 5.32 Å². The molecule has 31 heavy (non-hydrogen) atoms. The first-order chi connectivity index (χ1) is 14.5. The lowest BCUT2D eigenvalue weighted by molar-refractivity contribution is -0.139. The van der Waals surface area contributed by atoms with E-state index in [-0.39, 0.29) is 29.9 Å². The first-order valence-electron chi connectivity index (χ1n) is 9.84. The van der Waals surface area contributed by atoms with Gasteiger partial charge in [0, 0.05) is 17.8 Å². The smallest absolute Gasteiger partial charge is 0.242 e. The predicted molar refractivity (Wildman–Crippen MR) is 127 cm³/mol. The quantitative estimate of drug-likeness (QED) is 0.522. The van der Waals surface area contributed by atoms with Gasteiger partial charge in [-0.25, -0.2) is 4.39 Å². The fraction of sp³-hybridized carbons (Fsp3) is 0.391. The number of carbonyl (C=O) groups is 2. The molecule has 0 aliphatic heterocycles. The van der Waals surface area contributed by atoms with Gasteiger partial charge >= 0.3 is 0 Å². The Morgan fingerprint density at radius 3 is 2.26 bits per heavy atom. The van der Waals surface area contributed by atoms with Crippen molar-refractivity contribution in [3.63, 3.8) is 0 Å². The van der Waals surface area contributed by atoms with Gasteiger partial charge in [-0.15, -0.1) is 11.8 Å². The van der Waals surface area contributed by atoms with E-state index in [4.69, 9.17) is 23.2 Å². The molecule has 2 amide bonds. The van der Waals surface area contributed by atoms with E-state index >= 15 is 0 Å². The number of thioether (sulfide) groups is 1. The summed E-state index contributed by atoms with van der Waals surface area (Å²) in [5, 5.41) is 3.87. The van der Waals surface area contributed by atoms with Crippen LogP contribution in [0.5, 0.6) is 0 Å². The van der Waals surface area contributed by atoms with Crippen molar-refractivity contribution < 1.29 is 14.0 Å². The van der Waals surface area contributed by atoms with Gasteiger partial charge in [-0.2, -0.15) is 0 Å². The molecule has 2 aromatic carbocycles. The molecule has 0 saturated carbocycles. The van der Waals surface area contributed by atoms with Gasteiger partial charge in [-0.3, -0.25) is 9.59 Å². The Labute approximate surface area is 197 Å². The molecule has 2 aromatic rings. The van der Waals surface area contributed by atoms with Crippen molar-refractivity contribution in [2.24, 2.45) is 0 Å². The topological polar surface area (TPSA) is 49.4 Å². The molecule has 0 bridgehead atoms. The van der Waals surface area contributed by atoms with Crippen LogP contribution in [0.2, 0.25) is 10.0 Å². The molecule has 1 atom stereocenters. The van der Waals surface area contributed by atoms with E-state index in [0.29, 0.717) is 15.8 Å². The summed E-state index contributed by atoms with van der Waals surface area (Å²) in [4.78, 5) is 27.3. The van der Waals surface area contributed by atoms with Gasteiger partial charge in [0.1, 0.15) is 11.9 Å². The van der Waals surface area contributed by atoms with Gasteiger partial charge in [-0.05, 0) is 63.1 Å². The average Bonchev–Trinajstić information content (AvgIpc) is 2.68. The number of nitrogens with zero attached hydrogens (tertiary/aromatic N) is 1. The third-order valence-electron chi connectivity index (χ3n) is 4.41. The summed E-state index contributed by atoms with van der Waals surface area (Å²) in [6, 6.07) is 10.6. The Hall–Kier alpha value is -1.76. The van der Waals surface area contributed by atoms with E-state index in [0.717, 1.165) is 11.1 Å². The van der Waals surface area contributed by atoms with Gasteiger partial charge < -0.3 is 10.2 Å². The van der Waals surface area contributed by atoms with Gasteiger partial charge in [0.2, 0.25) is 11.8 Å². The van der Waals surface area contributed by atoms with E-state index in [2.05, 4.69) is 5.32 Å². The first-order valence-corrected chi connectivity index (χ1v) is 11.7. The molecule has 2 rings (SSSR count). The summed E-state index contributed by atoms with van der Waals surface area (Å²) in [5.41, 5.74) is 1.29. The molecule has 8 heteroatoms. The molecular weight excluding hydrogens is 458 g/mol. The molecule has 0 aliphatic rings. The summed E-state index contributed by atoms with van der Waals surface area (Å²) >= 11 is 13.4. The highest BCUT2D eigenvalue weighted by atomic mass is 35.5. The Kier molecular flexibility index (Phi) is 9.22. The lowest BCUT2D eigenvalue weighted by atomic mass is 10.1. The zero-order valence-corrected chi connectivity index (χ0v) is 20.4. The third-order valence-corrected chi connectivity index (χ3v) is 6.14. The summed E-state index contributed by atoms with van der Waals surface area (Å²) in [6.45, 7) is 7.57. The molecule has 168 valence electrons. The highest BCUT2D eigenvalue weighted by Gasteiger charge is 2.28. The molecular formula is C23H27Cl2FN2O2S. The van der Waals surface area contributed by atoms with Gasteiger partial charge in [0.05, 0.1) is 15.8 Å². The molecule has 1 N–H and O–H groups in total. The van der Waals surface area contributed by atoms with E-state index < -0.39 is 11.6 Å². The number of hydrogen-bond donors (Lipinski definition) is 1. The third kappa shape index (κ3) is 8.36. The average molecular weight is 485 g/mol. The normalized spacial score (nSPS) is 12.4. The van der Waals surface area contributed by atoms with Gasteiger partial charge in [0.25, 0.3) is 0 Å². The highest BCUT2D eigenvalue weighted by Crippen LogP contribution is 2.25. The second kappa shape index (κ2) is 11.2. The van der Waals surface area contributed by atoms with Crippen molar-refractivity contribution >= 4 is 46.8 Å². The van der Waals surface area contributed by atoms with Crippen LogP contribution in [0.3, 0.4) is 0 Å². The maximum absolute atomic E-state index is 13.3. The van der Waals surface area contributed by atoms with Crippen molar-refractivity contribution in [1.82, 2.24) is 10.2 Å². The van der Waals surface area contributed by atoms with Crippen molar-refractivity contribution in [2.45, 2.75) is 51.6 Å². The molecule has 0 fully saturated rings. The maximum Gasteiger partial charge on any atom is 0.242 e. The van der Waals surface area contributed by atoms with Crippen LogP contribution in [-0.4, -0.2) is 34.0 Å². The zero-order valence-electron chi connectivity index (χ0n) is 18.0. The molecule has 0 aromatic heterocycles. The van der Waals surface area contributed by atoms with Gasteiger partial charge in [-0.1, -0.05) is 41.4 Å². The van der Waals surface area contributed by atoms with E-state index in [1.165, 1.54) is 28.8 Å². The maximum atomic E-state index is 13.3. The molecule has 0 radical (unpaired) electrons. The SMILES string of the molecule is C[C@H](C(=O)NC(C)(C)C)N(Cc1ccc(F)cc1)C(=O)CSCc1ccc(Cl)c(Cl)c1. The number of benzene rings is 2. The van der Waals surface area contributed by atoms with E-state index in [1.54, 1.807) is 31.2 Å². The molecule has 4 nitrogen and oxygen atoms in total. The van der Waals surface area contributed by atoms with Crippen molar-refractivity contribution in [3.05, 3.63) is 69.5 Å². The Morgan fingerprint density at radius 1 is 1.06 bits per heavy atom. The number of rotatable bonds is 8. The fourth-order valence-electron chi connectivity index (χ4n) is 2.81. The molecule has 0 aliphatic carbocycles.